The lowest BCUT2D eigenvalue weighted by Gasteiger charge is -2.20. The molecule has 2 unspecified atom stereocenters. The Labute approximate surface area is 98.6 Å². The molecule has 0 aliphatic heterocycles. The molecule has 0 radical (unpaired) electrons. The maximum Gasteiger partial charge on any atom is 0.0250 e. The predicted octanol–water partition coefficient (Wildman–Crippen LogP) is 3.49. The third-order valence-electron chi connectivity index (χ3n) is 3.31. The first-order valence-corrected chi connectivity index (χ1v) is 6.31. The predicted molar refractivity (Wildman–Crippen MR) is 69.6 cm³/mol. The van der Waals surface area contributed by atoms with Crippen LogP contribution in [0.1, 0.15) is 37.7 Å². The van der Waals surface area contributed by atoms with Gasteiger partial charge < -0.3 is 5.32 Å². The van der Waals surface area contributed by atoms with Crippen LogP contribution in [-0.4, -0.2) is 12.6 Å². The Morgan fingerprint density at radius 1 is 1.31 bits per heavy atom. The van der Waals surface area contributed by atoms with Gasteiger partial charge in [-0.05, 0) is 30.7 Å². The first kappa shape index (κ1) is 11.4. The quantitative estimate of drug-likeness (QED) is 0.758. The molecule has 2 atom stereocenters. The van der Waals surface area contributed by atoms with Crippen molar-refractivity contribution in [2.75, 3.05) is 6.54 Å². The van der Waals surface area contributed by atoms with Crippen LogP contribution in [0.5, 0.6) is 0 Å². The summed E-state index contributed by atoms with van der Waals surface area (Å²) in [4.78, 5) is 0. The highest BCUT2D eigenvalue weighted by Gasteiger charge is 2.10. The summed E-state index contributed by atoms with van der Waals surface area (Å²) in [5.74, 6) is 0.594. The third kappa shape index (κ3) is 3.21. The van der Waals surface area contributed by atoms with Crippen LogP contribution in [0.4, 0.5) is 0 Å². The molecule has 1 heteroatoms. The lowest BCUT2D eigenvalue weighted by molar-refractivity contribution is 0.501. The van der Waals surface area contributed by atoms with Gasteiger partial charge in [0.1, 0.15) is 0 Å². The highest BCUT2D eigenvalue weighted by molar-refractivity contribution is 5.19. The van der Waals surface area contributed by atoms with Gasteiger partial charge >= 0.3 is 0 Å². The van der Waals surface area contributed by atoms with Gasteiger partial charge in [0.05, 0.1) is 0 Å². The Morgan fingerprint density at radius 3 is 2.81 bits per heavy atom. The van der Waals surface area contributed by atoms with E-state index in [2.05, 4.69) is 54.7 Å². The van der Waals surface area contributed by atoms with Gasteiger partial charge in [-0.15, -0.1) is 0 Å². The normalized spacial score (nSPS) is 21.9. The fraction of sp³-hybridized carbons (Fsp3) is 0.467. The minimum absolute atomic E-state index is 0.594. The molecule has 1 aliphatic carbocycles. The summed E-state index contributed by atoms with van der Waals surface area (Å²) in [6.07, 6.45) is 8.49. The van der Waals surface area contributed by atoms with Gasteiger partial charge in [-0.25, -0.2) is 0 Å². The van der Waals surface area contributed by atoms with Gasteiger partial charge in [0.15, 0.2) is 0 Å². The summed E-state index contributed by atoms with van der Waals surface area (Å²) in [5, 5.41) is 3.63. The molecule has 1 N–H and O–H groups in total. The molecule has 1 nitrogen and oxygen atoms in total. The largest absolute Gasteiger partial charge is 0.310 e. The number of benzene rings is 1. The maximum atomic E-state index is 3.63. The Bertz CT molecular complexity index is 329. The first-order chi connectivity index (χ1) is 7.86. The van der Waals surface area contributed by atoms with Crippen LogP contribution in [0, 0.1) is 0 Å². The van der Waals surface area contributed by atoms with Crippen molar-refractivity contribution in [1.29, 1.82) is 0 Å². The fourth-order valence-corrected chi connectivity index (χ4v) is 2.21. The molecule has 0 saturated carbocycles. The lowest BCUT2D eigenvalue weighted by atomic mass is 9.99. The van der Waals surface area contributed by atoms with Crippen molar-refractivity contribution in [2.45, 2.75) is 38.1 Å². The van der Waals surface area contributed by atoms with Crippen LogP contribution < -0.4 is 5.32 Å². The number of hydrogen-bond acceptors (Lipinski definition) is 1. The minimum Gasteiger partial charge on any atom is -0.310 e. The summed E-state index contributed by atoms with van der Waals surface area (Å²) in [7, 11) is 0. The van der Waals surface area contributed by atoms with Crippen LogP contribution in [0.15, 0.2) is 42.5 Å². The number of rotatable bonds is 4. The Kier molecular flexibility index (Phi) is 4.17. The van der Waals surface area contributed by atoms with E-state index in [1.54, 1.807) is 0 Å². The van der Waals surface area contributed by atoms with Crippen molar-refractivity contribution in [3.63, 3.8) is 0 Å². The Balaban J connectivity index is 1.81. The monoisotopic (exact) mass is 215 g/mol. The molecule has 2 rings (SSSR count). The van der Waals surface area contributed by atoms with Crippen molar-refractivity contribution in [1.82, 2.24) is 5.32 Å². The zero-order valence-corrected chi connectivity index (χ0v) is 10.0. The molecule has 0 spiro atoms. The van der Waals surface area contributed by atoms with Crippen LogP contribution >= 0.6 is 0 Å². The second-order valence-corrected chi connectivity index (χ2v) is 4.69. The van der Waals surface area contributed by atoms with Crippen molar-refractivity contribution < 1.29 is 0 Å². The van der Waals surface area contributed by atoms with Crippen molar-refractivity contribution in [2.24, 2.45) is 0 Å². The molecule has 1 aromatic rings. The SMILES string of the molecule is CC(CNC1C=CCCC1)c1ccccc1. The number of nitrogens with one attached hydrogen (secondary N) is 1. The van der Waals surface area contributed by atoms with Crippen LogP contribution in [-0.2, 0) is 0 Å². The van der Waals surface area contributed by atoms with E-state index in [1.807, 2.05) is 0 Å². The van der Waals surface area contributed by atoms with Gasteiger partial charge in [-0.3, -0.25) is 0 Å². The molecule has 0 heterocycles. The third-order valence-corrected chi connectivity index (χ3v) is 3.31. The summed E-state index contributed by atoms with van der Waals surface area (Å²) in [6, 6.07) is 11.3. The molecule has 1 aromatic carbocycles. The van der Waals surface area contributed by atoms with Crippen molar-refractivity contribution in [3.8, 4) is 0 Å². The number of hydrogen-bond donors (Lipinski definition) is 1. The summed E-state index contributed by atoms with van der Waals surface area (Å²) < 4.78 is 0. The Morgan fingerprint density at radius 2 is 2.12 bits per heavy atom. The van der Waals surface area contributed by atoms with E-state index in [1.165, 1.54) is 24.8 Å². The van der Waals surface area contributed by atoms with E-state index in [9.17, 15) is 0 Å². The highest BCUT2D eigenvalue weighted by atomic mass is 14.9. The molecular weight excluding hydrogens is 194 g/mol. The molecular formula is C15H21N. The second-order valence-electron chi connectivity index (χ2n) is 4.69. The zero-order valence-electron chi connectivity index (χ0n) is 10.0. The summed E-state index contributed by atoms with van der Waals surface area (Å²) >= 11 is 0. The lowest BCUT2D eigenvalue weighted by Crippen LogP contribution is -2.31. The second kappa shape index (κ2) is 5.86. The Hall–Kier alpha value is -1.08. The number of allylic oxidation sites excluding steroid dienone is 1. The molecule has 0 bridgehead atoms. The molecule has 16 heavy (non-hydrogen) atoms. The van der Waals surface area contributed by atoms with E-state index < -0.39 is 0 Å². The van der Waals surface area contributed by atoms with E-state index >= 15 is 0 Å². The van der Waals surface area contributed by atoms with Crippen LogP contribution in [0.25, 0.3) is 0 Å². The van der Waals surface area contributed by atoms with E-state index in [4.69, 9.17) is 0 Å². The molecule has 0 aromatic heterocycles. The van der Waals surface area contributed by atoms with Crippen LogP contribution in [0.3, 0.4) is 0 Å². The molecule has 86 valence electrons. The van der Waals surface area contributed by atoms with Crippen molar-refractivity contribution in [3.05, 3.63) is 48.0 Å². The zero-order chi connectivity index (χ0) is 11.2. The molecule has 0 fully saturated rings. The average Bonchev–Trinajstić information content (AvgIpc) is 2.38. The maximum absolute atomic E-state index is 3.63. The smallest absolute Gasteiger partial charge is 0.0250 e. The van der Waals surface area contributed by atoms with Gasteiger partial charge in [-0.1, -0.05) is 49.4 Å². The summed E-state index contributed by atoms with van der Waals surface area (Å²) in [5.41, 5.74) is 1.43. The molecule has 0 amide bonds. The standard InChI is InChI=1S/C15H21N/c1-13(14-8-4-2-5-9-14)12-16-15-10-6-3-7-11-15/h2,4-6,8-10,13,15-16H,3,7,11-12H2,1H3. The van der Waals surface area contributed by atoms with Gasteiger partial charge in [-0.2, -0.15) is 0 Å². The van der Waals surface area contributed by atoms with E-state index in [0.717, 1.165) is 6.54 Å². The van der Waals surface area contributed by atoms with E-state index in [0.29, 0.717) is 12.0 Å². The van der Waals surface area contributed by atoms with Crippen LogP contribution in [0.2, 0.25) is 0 Å². The van der Waals surface area contributed by atoms with Gasteiger partial charge in [0.2, 0.25) is 0 Å². The fourth-order valence-electron chi connectivity index (χ4n) is 2.21. The summed E-state index contributed by atoms with van der Waals surface area (Å²) in [6.45, 7) is 3.36. The molecule has 0 saturated heterocycles. The molecule has 1 aliphatic rings. The first-order valence-electron chi connectivity index (χ1n) is 6.31. The minimum atomic E-state index is 0.594. The van der Waals surface area contributed by atoms with Crippen molar-refractivity contribution >= 4 is 0 Å². The van der Waals surface area contributed by atoms with E-state index in [-0.39, 0.29) is 0 Å². The highest BCUT2D eigenvalue weighted by Crippen LogP contribution is 2.15. The topological polar surface area (TPSA) is 12.0 Å². The average molecular weight is 215 g/mol. The van der Waals surface area contributed by atoms with Gasteiger partial charge in [0, 0.05) is 12.6 Å². The van der Waals surface area contributed by atoms with Gasteiger partial charge in [0.25, 0.3) is 0 Å².